The fourth-order valence-electron chi connectivity index (χ4n) is 3.14. The Balaban J connectivity index is 1.86. The van der Waals surface area contributed by atoms with Gasteiger partial charge in [-0.25, -0.2) is 4.79 Å². The van der Waals surface area contributed by atoms with E-state index in [0.29, 0.717) is 17.7 Å². The second-order valence-electron chi connectivity index (χ2n) is 7.08. The summed E-state index contributed by atoms with van der Waals surface area (Å²) in [6, 6.07) is 11.2. The summed E-state index contributed by atoms with van der Waals surface area (Å²) in [5, 5.41) is 11.8. The van der Waals surface area contributed by atoms with E-state index >= 15 is 0 Å². The summed E-state index contributed by atoms with van der Waals surface area (Å²) in [7, 11) is 1.75. The molecule has 1 heterocycles. The monoisotopic (exact) mass is 352 g/mol. The first-order valence-corrected chi connectivity index (χ1v) is 8.25. The summed E-state index contributed by atoms with van der Waals surface area (Å²) in [6.45, 7) is 4.01. The van der Waals surface area contributed by atoms with Crippen LogP contribution in [0.25, 0.3) is 0 Å². The predicted octanol–water partition coefficient (Wildman–Crippen LogP) is 3.28. The zero-order chi connectivity index (χ0) is 19.1. The first-order chi connectivity index (χ1) is 12.2. The molecule has 0 spiro atoms. The number of amides is 2. The third-order valence-corrected chi connectivity index (χ3v) is 4.71. The Hall–Kier alpha value is -3.15. The standard InChI is InChI=1S/C20H20N2O4/c1-20(2)11-17(23)22(3)16-9-8-14(10-15(16)20)21-18(24)12-4-6-13(7-5-12)19(25)26/h4-10H,11H2,1-3H3,(H,21,24)(H,25,26). The molecule has 134 valence electrons. The first-order valence-electron chi connectivity index (χ1n) is 8.25. The smallest absolute Gasteiger partial charge is 0.335 e. The number of fused-ring (bicyclic) bond motifs is 1. The van der Waals surface area contributed by atoms with E-state index in [2.05, 4.69) is 5.32 Å². The summed E-state index contributed by atoms with van der Waals surface area (Å²) in [4.78, 5) is 37.1. The second-order valence-corrected chi connectivity index (χ2v) is 7.08. The van der Waals surface area contributed by atoms with Crippen molar-refractivity contribution < 1.29 is 19.5 Å². The SMILES string of the molecule is CN1C(=O)CC(C)(C)c2cc(NC(=O)c3ccc(C(=O)O)cc3)ccc21. The Kier molecular flexibility index (Phi) is 4.28. The normalized spacial score (nSPS) is 15.3. The molecule has 0 unspecified atom stereocenters. The number of carboxylic acids is 1. The molecule has 0 radical (unpaired) electrons. The van der Waals surface area contributed by atoms with Gasteiger partial charge in [0.1, 0.15) is 0 Å². The minimum Gasteiger partial charge on any atom is -0.478 e. The number of carbonyl (C=O) groups excluding carboxylic acids is 2. The summed E-state index contributed by atoms with van der Waals surface area (Å²) < 4.78 is 0. The maximum absolute atomic E-state index is 12.4. The van der Waals surface area contributed by atoms with Crippen LogP contribution >= 0.6 is 0 Å². The maximum atomic E-state index is 12.4. The van der Waals surface area contributed by atoms with Crippen LogP contribution in [0.5, 0.6) is 0 Å². The van der Waals surface area contributed by atoms with E-state index in [4.69, 9.17) is 5.11 Å². The highest BCUT2D eigenvalue weighted by Gasteiger charge is 2.35. The van der Waals surface area contributed by atoms with Gasteiger partial charge in [-0.15, -0.1) is 0 Å². The minimum absolute atomic E-state index is 0.0674. The van der Waals surface area contributed by atoms with E-state index in [1.807, 2.05) is 26.0 Å². The van der Waals surface area contributed by atoms with Gasteiger partial charge in [-0.2, -0.15) is 0 Å². The van der Waals surface area contributed by atoms with Gasteiger partial charge >= 0.3 is 5.97 Å². The molecule has 2 aromatic carbocycles. The molecule has 2 amide bonds. The van der Waals surface area contributed by atoms with Gasteiger partial charge in [0.2, 0.25) is 5.91 Å². The van der Waals surface area contributed by atoms with Gasteiger partial charge in [-0.3, -0.25) is 9.59 Å². The topological polar surface area (TPSA) is 86.7 Å². The summed E-state index contributed by atoms with van der Waals surface area (Å²) >= 11 is 0. The van der Waals surface area contributed by atoms with Crippen LogP contribution in [0.15, 0.2) is 42.5 Å². The molecular formula is C20H20N2O4. The van der Waals surface area contributed by atoms with Crippen LogP contribution in [0.3, 0.4) is 0 Å². The van der Waals surface area contributed by atoms with Crippen LogP contribution in [0, 0.1) is 0 Å². The predicted molar refractivity (Wildman–Crippen MR) is 98.8 cm³/mol. The van der Waals surface area contributed by atoms with Crippen LogP contribution in [0.4, 0.5) is 11.4 Å². The molecular weight excluding hydrogens is 332 g/mol. The van der Waals surface area contributed by atoms with E-state index < -0.39 is 5.97 Å². The number of benzene rings is 2. The second kappa shape index (κ2) is 6.29. The van der Waals surface area contributed by atoms with E-state index in [0.717, 1.165) is 11.3 Å². The molecule has 0 saturated heterocycles. The van der Waals surface area contributed by atoms with Crippen LogP contribution in [0.2, 0.25) is 0 Å². The molecule has 26 heavy (non-hydrogen) atoms. The van der Waals surface area contributed by atoms with Crippen LogP contribution in [-0.4, -0.2) is 29.9 Å². The molecule has 3 rings (SSSR count). The maximum Gasteiger partial charge on any atom is 0.335 e. The number of rotatable bonds is 3. The van der Waals surface area contributed by atoms with Crippen LogP contribution < -0.4 is 10.2 Å². The molecule has 1 aliphatic heterocycles. The Labute approximate surface area is 151 Å². The molecule has 2 aromatic rings. The van der Waals surface area contributed by atoms with Crippen molar-refractivity contribution >= 4 is 29.2 Å². The Bertz CT molecular complexity index is 901. The number of aromatic carboxylic acids is 1. The fourth-order valence-corrected chi connectivity index (χ4v) is 3.14. The van der Waals surface area contributed by atoms with Crippen molar-refractivity contribution in [2.24, 2.45) is 0 Å². The molecule has 0 atom stereocenters. The molecule has 0 aromatic heterocycles. The molecule has 6 heteroatoms. The quantitative estimate of drug-likeness (QED) is 0.887. The number of anilines is 2. The lowest BCUT2D eigenvalue weighted by Crippen LogP contribution is -2.39. The van der Waals surface area contributed by atoms with Crippen LogP contribution in [-0.2, 0) is 10.2 Å². The van der Waals surface area contributed by atoms with Gasteiger partial charge in [0, 0.05) is 35.8 Å². The van der Waals surface area contributed by atoms with Crippen molar-refractivity contribution in [2.45, 2.75) is 25.7 Å². The molecule has 0 aliphatic carbocycles. The number of nitrogens with one attached hydrogen (secondary N) is 1. The van der Waals surface area contributed by atoms with Crippen molar-refractivity contribution in [1.29, 1.82) is 0 Å². The van der Waals surface area contributed by atoms with Crippen molar-refractivity contribution in [3.05, 3.63) is 59.2 Å². The van der Waals surface area contributed by atoms with Crippen molar-refractivity contribution in [3.63, 3.8) is 0 Å². The lowest BCUT2D eigenvalue weighted by Gasteiger charge is -2.37. The molecule has 0 bridgehead atoms. The number of hydrogen-bond donors (Lipinski definition) is 2. The molecule has 0 fully saturated rings. The van der Waals surface area contributed by atoms with Crippen molar-refractivity contribution in [1.82, 2.24) is 0 Å². The fraction of sp³-hybridized carbons (Fsp3) is 0.250. The van der Waals surface area contributed by atoms with E-state index in [1.165, 1.54) is 24.3 Å². The third kappa shape index (κ3) is 3.18. The van der Waals surface area contributed by atoms with Crippen LogP contribution in [0.1, 0.15) is 46.5 Å². The van der Waals surface area contributed by atoms with E-state index in [1.54, 1.807) is 18.0 Å². The largest absolute Gasteiger partial charge is 0.478 e. The molecule has 6 nitrogen and oxygen atoms in total. The number of hydrogen-bond acceptors (Lipinski definition) is 3. The summed E-state index contributed by atoms with van der Waals surface area (Å²) in [5.74, 6) is -1.29. The minimum atomic E-state index is -1.03. The Morgan fingerprint density at radius 2 is 1.69 bits per heavy atom. The highest BCUT2D eigenvalue weighted by molar-refractivity contribution is 6.05. The Morgan fingerprint density at radius 1 is 1.08 bits per heavy atom. The van der Waals surface area contributed by atoms with Crippen molar-refractivity contribution in [3.8, 4) is 0 Å². The lowest BCUT2D eigenvalue weighted by molar-refractivity contribution is -0.119. The van der Waals surface area contributed by atoms with Gasteiger partial charge in [-0.05, 0) is 48.0 Å². The molecule has 0 saturated carbocycles. The highest BCUT2D eigenvalue weighted by atomic mass is 16.4. The molecule has 1 aliphatic rings. The van der Waals surface area contributed by atoms with E-state index in [-0.39, 0.29) is 22.8 Å². The first kappa shape index (κ1) is 17.7. The van der Waals surface area contributed by atoms with Gasteiger partial charge in [0.25, 0.3) is 5.91 Å². The lowest BCUT2D eigenvalue weighted by atomic mass is 9.77. The Morgan fingerprint density at radius 3 is 2.31 bits per heavy atom. The number of nitrogens with zero attached hydrogens (tertiary/aromatic N) is 1. The van der Waals surface area contributed by atoms with Gasteiger partial charge in [0.15, 0.2) is 0 Å². The zero-order valence-electron chi connectivity index (χ0n) is 14.9. The van der Waals surface area contributed by atoms with Gasteiger partial charge in [0.05, 0.1) is 5.56 Å². The average molecular weight is 352 g/mol. The van der Waals surface area contributed by atoms with Gasteiger partial charge < -0.3 is 15.3 Å². The zero-order valence-corrected chi connectivity index (χ0v) is 14.9. The van der Waals surface area contributed by atoms with Crippen molar-refractivity contribution in [2.75, 3.05) is 17.3 Å². The summed E-state index contributed by atoms with van der Waals surface area (Å²) in [6.07, 6.45) is 0.407. The summed E-state index contributed by atoms with van der Waals surface area (Å²) in [5.41, 5.74) is 2.66. The third-order valence-electron chi connectivity index (χ3n) is 4.71. The van der Waals surface area contributed by atoms with Gasteiger partial charge in [-0.1, -0.05) is 13.8 Å². The van der Waals surface area contributed by atoms with E-state index in [9.17, 15) is 14.4 Å². The number of carbonyl (C=O) groups is 3. The highest BCUT2D eigenvalue weighted by Crippen LogP contribution is 2.40. The molecule has 2 N–H and O–H groups in total. The average Bonchev–Trinajstić information content (AvgIpc) is 2.59. The number of carboxylic acid groups (broad SMARTS) is 1.